The molecule has 0 aliphatic rings. The first-order valence-corrected chi connectivity index (χ1v) is 8.22. The molecule has 0 saturated heterocycles. The van der Waals surface area contributed by atoms with Crippen molar-refractivity contribution in [1.29, 1.82) is 0 Å². The molecule has 0 bridgehead atoms. The van der Waals surface area contributed by atoms with Gasteiger partial charge in [-0.3, -0.25) is 9.78 Å². The molecule has 0 radical (unpaired) electrons. The topological polar surface area (TPSA) is 54.0 Å². The van der Waals surface area contributed by atoms with Crippen LogP contribution in [-0.4, -0.2) is 24.5 Å². The van der Waals surface area contributed by atoms with Crippen LogP contribution in [0.1, 0.15) is 17.9 Å². The fourth-order valence-corrected chi connectivity index (χ4v) is 2.82. The van der Waals surface area contributed by atoms with E-state index < -0.39 is 0 Å². The molecular formula is C20H20FN3O. The van der Waals surface area contributed by atoms with Gasteiger partial charge < -0.3 is 10.6 Å². The Morgan fingerprint density at radius 2 is 1.92 bits per heavy atom. The van der Waals surface area contributed by atoms with E-state index in [-0.39, 0.29) is 17.6 Å². The number of carbonyl (C=O) groups is 1. The van der Waals surface area contributed by atoms with E-state index in [1.165, 1.54) is 12.1 Å². The minimum Gasteiger partial charge on any atom is -0.326 e. The number of fused-ring (bicyclic) bond motifs is 1. The van der Waals surface area contributed by atoms with Crippen molar-refractivity contribution in [2.24, 2.45) is 0 Å². The Balaban J connectivity index is 1.81. The van der Waals surface area contributed by atoms with E-state index in [0.717, 1.165) is 22.0 Å². The van der Waals surface area contributed by atoms with Crippen molar-refractivity contribution >= 4 is 22.4 Å². The molecular weight excluding hydrogens is 317 g/mol. The second kappa shape index (κ2) is 7.85. The third-order valence-electron chi connectivity index (χ3n) is 4.18. The van der Waals surface area contributed by atoms with Crippen LogP contribution >= 0.6 is 0 Å². The molecule has 1 heterocycles. The van der Waals surface area contributed by atoms with Crippen LogP contribution in [0.15, 0.2) is 60.9 Å². The standard InChI is InChI=1S/C20H20FN3O/c1-22-10-9-19(14-2-5-17(21)6-3-14)20(25)24-18-7-4-16-13-23-11-8-15(16)12-18/h2-8,11-13,19,22H,9-10H2,1H3,(H,24,25). The van der Waals surface area contributed by atoms with Crippen molar-refractivity contribution in [3.05, 3.63) is 72.3 Å². The summed E-state index contributed by atoms with van der Waals surface area (Å²) in [4.78, 5) is 16.9. The Labute approximate surface area is 146 Å². The molecule has 2 N–H and O–H groups in total. The van der Waals surface area contributed by atoms with Crippen LogP contribution in [-0.2, 0) is 4.79 Å². The normalized spacial score (nSPS) is 12.1. The van der Waals surface area contributed by atoms with E-state index in [4.69, 9.17) is 0 Å². The molecule has 1 aromatic heterocycles. The number of nitrogens with one attached hydrogen (secondary N) is 2. The number of rotatable bonds is 6. The molecule has 1 atom stereocenters. The van der Waals surface area contributed by atoms with E-state index in [0.29, 0.717) is 13.0 Å². The molecule has 2 aromatic carbocycles. The number of halogens is 1. The minimum absolute atomic E-state index is 0.102. The average Bonchev–Trinajstić information content (AvgIpc) is 2.63. The highest BCUT2D eigenvalue weighted by Gasteiger charge is 2.20. The van der Waals surface area contributed by atoms with E-state index in [1.54, 1.807) is 24.5 Å². The van der Waals surface area contributed by atoms with E-state index in [2.05, 4.69) is 15.6 Å². The smallest absolute Gasteiger partial charge is 0.231 e. The number of carbonyl (C=O) groups excluding carboxylic acids is 1. The van der Waals surface area contributed by atoms with Crippen molar-refractivity contribution in [3.8, 4) is 0 Å². The number of benzene rings is 2. The Kier molecular flexibility index (Phi) is 5.36. The molecule has 3 rings (SSSR count). The molecule has 1 unspecified atom stereocenters. The summed E-state index contributed by atoms with van der Waals surface area (Å²) in [5, 5.41) is 8.07. The first-order chi connectivity index (χ1) is 12.2. The van der Waals surface area contributed by atoms with Gasteiger partial charge >= 0.3 is 0 Å². The zero-order valence-electron chi connectivity index (χ0n) is 14.0. The lowest BCUT2D eigenvalue weighted by Gasteiger charge is -2.17. The highest BCUT2D eigenvalue weighted by Crippen LogP contribution is 2.24. The van der Waals surface area contributed by atoms with Crippen LogP contribution in [0, 0.1) is 5.82 Å². The van der Waals surface area contributed by atoms with Crippen LogP contribution in [0.3, 0.4) is 0 Å². The number of nitrogens with zero attached hydrogens (tertiary/aromatic N) is 1. The second-order valence-electron chi connectivity index (χ2n) is 5.92. The summed E-state index contributed by atoms with van der Waals surface area (Å²) in [7, 11) is 1.84. The predicted molar refractivity (Wildman–Crippen MR) is 98.1 cm³/mol. The molecule has 0 aliphatic heterocycles. The summed E-state index contributed by atoms with van der Waals surface area (Å²) in [5.74, 6) is -0.754. The lowest BCUT2D eigenvalue weighted by Crippen LogP contribution is -2.24. The monoisotopic (exact) mass is 337 g/mol. The maximum atomic E-state index is 13.2. The first-order valence-electron chi connectivity index (χ1n) is 8.22. The van der Waals surface area contributed by atoms with Gasteiger partial charge in [0, 0.05) is 23.5 Å². The Bertz CT molecular complexity index is 864. The molecule has 5 heteroatoms. The third-order valence-corrected chi connectivity index (χ3v) is 4.18. The largest absolute Gasteiger partial charge is 0.326 e. The van der Waals surface area contributed by atoms with Gasteiger partial charge in [-0.2, -0.15) is 0 Å². The quantitative estimate of drug-likeness (QED) is 0.721. The average molecular weight is 337 g/mol. The van der Waals surface area contributed by atoms with Crippen molar-refractivity contribution in [1.82, 2.24) is 10.3 Å². The molecule has 25 heavy (non-hydrogen) atoms. The van der Waals surface area contributed by atoms with Crippen molar-refractivity contribution < 1.29 is 9.18 Å². The lowest BCUT2D eigenvalue weighted by atomic mass is 9.94. The molecule has 0 saturated carbocycles. The van der Waals surface area contributed by atoms with Gasteiger partial charge in [0.15, 0.2) is 0 Å². The fraction of sp³-hybridized carbons (Fsp3) is 0.200. The van der Waals surface area contributed by atoms with Gasteiger partial charge in [0.2, 0.25) is 5.91 Å². The van der Waals surface area contributed by atoms with Gasteiger partial charge in [0.25, 0.3) is 0 Å². The SMILES string of the molecule is CNCCC(C(=O)Nc1ccc2cnccc2c1)c1ccc(F)cc1. The first kappa shape index (κ1) is 17.0. The molecule has 0 aliphatic carbocycles. The highest BCUT2D eigenvalue weighted by atomic mass is 19.1. The van der Waals surface area contributed by atoms with Crippen LogP contribution in [0.5, 0.6) is 0 Å². The highest BCUT2D eigenvalue weighted by molar-refractivity contribution is 5.97. The van der Waals surface area contributed by atoms with Crippen LogP contribution < -0.4 is 10.6 Å². The molecule has 128 valence electrons. The van der Waals surface area contributed by atoms with E-state index >= 15 is 0 Å². The van der Waals surface area contributed by atoms with E-state index in [1.807, 2.05) is 31.3 Å². The predicted octanol–water partition coefficient (Wildman–Crippen LogP) is 3.71. The molecule has 1 amide bonds. The number of anilines is 1. The summed E-state index contributed by atoms with van der Waals surface area (Å²) in [6.45, 7) is 0.693. The number of aromatic nitrogens is 1. The van der Waals surface area contributed by atoms with Gasteiger partial charge in [0.05, 0.1) is 5.92 Å². The van der Waals surface area contributed by atoms with Gasteiger partial charge in [-0.15, -0.1) is 0 Å². The number of amides is 1. The van der Waals surface area contributed by atoms with Gasteiger partial charge in [-0.1, -0.05) is 18.2 Å². The van der Waals surface area contributed by atoms with Gasteiger partial charge in [-0.25, -0.2) is 4.39 Å². The molecule has 4 nitrogen and oxygen atoms in total. The Morgan fingerprint density at radius 1 is 1.12 bits per heavy atom. The summed E-state index contributed by atoms with van der Waals surface area (Å²) < 4.78 is 13.2. The van der Waals surface area contributed by atoms with E-state index in [9.17, 15) is 9.18 Å². The third kappa shape index (κ3) is 4.19. The zero-order chi connectivity index (χ0) is 17.6. The maximum absolute atomic E-state index is 13.2. The van der Waals surface area contributed by atoms with Gasteiger partial charge in [-0.05, 0) is 61.3 Å². The lowest BCUT2D eigenvalue weighted by molar-refractivity contribution is -0.117. The van der Waals surface area contributed by atoms with Crippen molar-refractivity contribution in [2.75, 3.05) is 18.9 Å². The summed E-state index contributed by atoms with van der Waals surface area (Å²) in [6.07, 6.45) is 4.14. The summed E-state index contributed by atoms with van der Waals surface area (Å²) >= 11 is 0. The number of pyridine rings is 1. The Morgan fingerprint density at radius 3 is 2.68 bits per heavy atom. The Hall–Kier alpha value is -2.79. The zero-order valence-corrected chi connectivity index (χ0v) is 14.0. The molecule has 0 spiro atoms. The summed E-state index contributed by atoms with van der Waals surface area (Å²) in [6, 6.07) is 13.7. The second-order valence-corrected chi connectivity index (χ2v) is 5.92. The fourth-order valence-electron chi connectivity index (χ4n) is 2.82. The van der Waals surface area contributed by atoms with Crippen LogP contribution in [0.2, 0.25) is 0 Å². The van der Waals surface area contributed by atoms with Crippen molar-refractivity contribution in [2.45, 2.75) is 12.3 Å². The van der Waals surface area contributed by atoms with Gasteiger partial charge in [0.1, 0.15) is 5.82 Å². The minimum atomic E-state index is -0.346. The summed E-state index contributed by atoms with van der Waals surface area (Å²) in [5.41, 5.74) is 1.54. The molecule has 3 aromatic rings. The molecule has 0 fully saturated rings. The van der Waals surface area contributed by atoms with Crippen LogP contribution in [0.4, 0.5) is 10.1 Å². The maximum Gasteiger partial charge on any atom is 0.231 e. The van der Waals surface area contributed by atoms with Crippen LogP contribution in [0.25, 0.3) is 10.8 Å². The van der Waals surface area contributed by atoms with Crippen molar-refractivity contribution in [3.63, 3.8) is 0 Å². The number of hydrogen-bond acceptors (Lipinski definition) is 3. The number of hydrogen-bond donors (Lipinski definition) is 2.